The molecule has 0 spiro atoms. The van der Waals surface area contributed by atoms with E-state index < -0.39 is 16.4 Å². The maximum Gasteiger partial charge on any atom is 0.374 e. The number of nitrogens with one attached hydrogen (secondary N) is 1. The van der Waals surface area contributed by atoms with Crippen molar-refractivity contribution in [3.05, 3.63) is 46.5 Å². The molecule has 3 N–H and O–H groups in total. The fraction of sp³-hybridized carbons (Fsp3) is 0. The molecule has 0 amide bonds. The molecular formula is C10H8FN5O3. The molecule has 0 saturated heterocycles. The second-order valence-corrected chi connectivity index (χ2v) is 3.34. The van der Waals surface area contributed by atoms with Crippen molar-refractivity contribution in [2.45, 2.75) is 0 Å². The van der Waals surface area contributed by atoms with Crippen molar-refractivity contribution in [3.63, 3.8) is 0 Å². The number of anilines is 1. The third-order valence-corrected chi connectivity index (χ3v) is 2.12. The summed E-state index contributed by atoms with van der Waals surface area (Å²) in [6.07, 6.45) is 1.04. The van der Waals surface area contributed by atoms with E-state index in [1.165, 1.54) is 18.2 Å². The standard InChI is InChI=1S/C10H8FN5O3/c11-6-2-1-3-7(4-6)19-10-8(16(17)18)9(15-12)13-5-14-10/h1-5H,12H2,(H,13,14,15). The number of halogens is 1. The van der Waals surface area contributed by atoms with Crippen LogP contribution in [0.2, 0.25) is 0 Å². The third-order valence-electron chi connectivity index (χ3n) is 2.12. The lowest BCUT2D eigenvalue weighted by molar-refractivity contribution is -0.385. The maximum atomic E-state index is 13.0. The third kappa shape index (κ3) is 2.72. The van der Waals surface area contributed by atoms with E-state index in [4.69, 9.17) is 10.6 Å². The minimum atomic E-state index is -0.746. The highest BCUT2D eigenvalue weighted by Crippen LogP contribution is 2.33. The van der Waals surface area contributed by atoms with Crippen molar-refractivity contribution in [3.8, 4) is 11.6 Å². The van der Waals surface area contributed by atoms with E-state index in [0.717, 1.165) is 12.4 Å². The summed E-state index contributed by atoms with van der Waals surface area (Å²) in [5.74, 6) is 4.12. The summed E-state index contributed by atoms with van der Waals surface area (Å²) >= 11 is 0. The Balaban J connectivity index is 2.42. The maximum absolute atomic E-state index is 13.0. The molecule has 1 heterocycles. The molecular weight excluding hydrogens is 257 g/mol. The van der Waals surface area contributed by atoms with E-state index in [0.29, 0.717) is 0 Å². The predicted octanol–water partition coefficient (Wildman–Crippen LogP) is 1.60. The minimum absolute atomic E-state index is 0.0739. The number of nitrogens with two attached hydrogens (primary N) is 1. The molecule has 0 aliphatic heterocycles. The molecule has 0 aliphatic carbocycles. The average Bonchev–Trinajstić information content (AvgIpc) is 2.38. The molecule has 0 radical (unpaired) electrons. The molecule has 0 fully saturated rings. The van der Waals surface area contributed by atoms with Gasteiger partial charge in [0.25, 0.3) is 0 Å². The van der Waals surface area contributed by atoms with Crippen molar-refractivity contribution in [2.75, 3.05) is 5.43 Å². The zero-order chi connectivity index (χ0) is 13.8. The molecule has 0 bridgehead atoms. The van der Waals surface area contributed by atoms with Gasteiger partial charge in [-0.3, -0.25) is 10.1 Å². The number of nitrogen functional groups attached to an aromatic ring is 1. The number of benzene rings is 1. The topological polar surface area (TPSA) is 116 Å². The Morgan fingerprint density at radius 2 is 2.21 bits per heavy atom. The normalized spacial score (nSPS) is 10.0. The average molecular weight is 265 g/mol. The lowest BCUT2D eigenvalue weighted by Gasteiger charge is -2.06. The van der Waals surface area contributed by atoms with E-state index >= 15 is 0 Å². The van der Waals surface area contributed by atoms with Gasteiger partial charge >= 0.3 is 11.6 Å². The molecule has 1 aromatic carbocycles. The van der Waals surface area contributed by atoms with Crippen LogP contribution >= 0.6 is 0 Å². The minimum Gasteiger partial charge on any atom is -0.433 e. The van der Waals surface area contributed by atoms with Crippen LogP contribution in [-0.4, -0.2) is 14.9 Å². The summed E-state index contributed by atoms with van der Waals surface area (Å²) in [6.45, 7) is 0. The number of hydrazine groups is 1. The Hall–Kier alpha value is -2.81. The zero-order valence-electron chi connectivity index (χ0n) is 9.41. The molecule has 2 aromatic rings. The van der Waals surface area contributed by atoms with Gasteiger partial charge in [0.2, 0.25) is 5.82 Å². The van der Waals surface area contributed by atoms with Gasteiger partial charge < -0.3 is 10.2 Å². The van der Waals surface area contributed by atoms with Crippen molar-refractivity contribution in [1.82, 2.24) is 9.97 Å². The van der Waals surface area contributed by atoms with Crippen LogP contribution in [0.3, 0.4) is 0 Å². The number of hydrogen-bond donors (Lipinski definition) is 2. The summed E-state index contributed by atoms with van der Waals surface area (Å²) in [4.78, 5) is 17.4. The van der Waals surface area contributed by atoms with Crippen LogP contribution in [0.15, 0.2) is 30.6 Å². The monoisotopic (exact) mass is 265 g/mol. The molecule has 0 unspecified atom stereocenters. The number of ether oxygens (including phenoxy) is 1. The van der Waals surface area contributed by atoms with E-state index in [1.807, 2.05) is 0 Å². The predicted molar refractivity (Wildman–Crippen MR) is 63.0 cm³/mol. The number of rotatable bonds is 4. The highest BCUT2D eigenvalue weighted by atomic mass is 19.1. The number of nitrogens with zero attached hydrogens (tertiary/aromatic N) is 3. The van der Waals surface area contributed by atoms with Crippen LogP contribution in [0.4, 0.5) is 15.9 Å². The second-order valence-electron chi connectivity index (χ2n) is 3.34. The van der Waals surface area contributed by atoms with Crippen LogP contribution in [-0.2, 0) is 0 Å². The SMILES string of the molecule is NNc1ncnc(Oc2cccc(F)c2)c1[N+](=O)[O-]. The van der Waals surface area contributed by atoms with Gasteiger partial charge in [-0.1, -0.05) is 6.07 Å². The van der Waals surface area contributed by atoms with Gasteiger partial charge in [0.1, 0.15) is 17.9 Å². The zero-order valence-corrected chi connectivity index (χ0v) is 9.41. The van der Waals surface area contributed by atoms with Gasteiger partial charge in [0, 0.05) is 6.07 Å². The molecule has 2 rings (SSSR count). The van der Waals surface area contributed by atoms with Gasteiger partial charge in [0.15, 0.2) is 0 Å². The molecule has 1 aromatic heterocycles. The number of hydrogen-bond acceptors (Lipinski definition) is 7. The van der Waals surface area contributed by atoms with E-state index in [9.17, 15) is 14.5 Å². The summed E-state index contributed by atoms with van der Waals surface area (Å²) in [7, 11) is 0. The first-order valence-electron chi connectivity index (χ1n) is 5.01. The highest BCUT2D eigenvalue weighted by molar-refractivity contribution is 5.61. The largest absolute Gasteiger partial charge is 0.433 e. The summed E-state index contributed by atoms with van der Waals surface area (Å²) in [5, 5.41) is 10.9. The number of nitro groups is 1. The molecule has 0 saturated carbocycles. The van der Waals surface area contributed by atoms with Gasteiger partial charge in [-0.15, -0.1) is 0 Å². The van der Waals surface area contributed by atoms with Crippen LogP contribution in [0.1, 0.15) is 0 Å². The van der Waals surface area contributed by atoms with Gasteiger partial charge in [0.05, 0.1) is 4.92 Å². The molecule has 0 aliphatic rings. The lowest BCUT2D eigenvalue weighted by Crippen LogP contribution is -2.12. The molecule has 9 heteroatoms. The molecule has 19 heavy (non-hydrogen) atoms. The summed E-state index contributed by atoms with van der Waals surface area (Å²) in [5.41, 5.74) is 1.53. The first-order valence-corrected chi connectivity index (χ1v) is 5.01. The van der Waals surface area contributed by atoms with Crippen LogP contribution in [0, 0.1) is 15.9 Å². The van der Waals surface area contributed by atoms with Gasteiger partial charge in [-0.25, -0.2) is 15.2 Å². The fourth-order valence-corrected chi connectivity index (χ4v) is 1.35. The summed E-state index contributed by atoms with van der Waals surface area (Å²) in [6, 6.07) is 5.12. The van der Waals surface area contributed by atoms with Crippen LogP contribution in [0.25, 0.3) is 0 Å². The van der Waals surface area contributed by atoms with Crippen molar-refractivity contribution < 1.29 is 14.1 Å². The second kappa shape index (κ2) is 5.23. The van der Waals surface area contributed by atoms with Crippen molar-refractivity contribution in [1.29, 1.82) is 0 Å². The van der Waals surface area contributed by atoms with E-state index in [1.54, 1.807) is 0 Å². The quantitative estimate of drug-likeness (QED) is 0.490. The summed E-state index contributed by atoms with van der Waals surface area (Å²) < 4.78 is 18.2. The fourth-order valence-electron chi connectivity index (χ4n) is 1.35. The van der Waals surface area contributed by atoms with E-state index in [2.05, 4.69) is 15.4 Å². The van der Waals surface area contributed by atoms with Crippen molar-refractivity contribution >= 4 is 11.5 Å². The van der Waals surface area contributed by atoms with Crippen LogP contribution in [0.5, 0.6) is 11.6 Å². The first kappa shape index (κ1) is 12.6. The van der Waals surface area contributed by atoms with Crippen molar-refractivity contribution in [2.24, 2.45) is 5.84 Å². The van der Waals surface area contributed by atoms with Gasteiger partial charge in [-0.05, 0) is 12.1 Å². The molecule has 0 atom stereocenters. The Morgan fingerprint density at radius 3 is 2.84 bits per heavy atom. The van der Waals surface area contributed by atoms with Gasteiger partial charge in [-0.2, -0.15) is 4.98 Å². The van der Waals surface area contributed by atoms with E-state index in [-0.39, 0.29) is 17.4 Å². The lowest BCUT2D eigenvalue weighted by atomic mass is 10.3. The first-order chi connectivity index (χ1) is 9.11. The highest BCUT2D eigenvalue weighted by Gasteiger charge is 2.24. The molecule has 8 nitrogen and oxygen atoms in total. The smallest absolute Gasteiger partial charge is 0.374 e. The molecule has 98 valence electrons. The Bertz CT molecular complexity index is 622. The Morgan fingerprint density at radius 1 is 1.42 bits per heavy atom. The number of aromatic nitrogens is 2. The Kier molecular flexibility index (Phi) is 3.48. The Labute approximate surface area is 106 Å². The van der Waals surface area contributed by atoms with Crippen LogP contribution < -0.4 is 16.0 Å².